The van der Waals surface area contributed by atoms with Gasteiger partial charge >= 0.3 is 0 Å². The maximum atomic E-state index is 2.81. The third-order valence-corrected chi connectivity index (χ3v) is 5.15. The van der Waals surface area contributed by atoms with Gasteiger partial charge in [-0.1, -0.05) is 79.1 Å². The van der Waals surface area contributed by atoms with E-state index in [1.807, 2.05) is 0 Å². The summed E-state index contributed by atoms with van der Waals surface area (Å²) in [5.41, 5.74) is 0. The van der Waals surface area contributed by atoms with Gasteiger partial charge in [0.25, 0.3) is 0 Å². The molecule has 1 N–H and O–H groups in total. The highest BCUT2D eigenvalue weighted by Gasteiger charge is 2.18. The van der Waals surface area contributed by atoms with E-state index in [4.69, 9.17) is 0 Å². The predicted molar refractivity (Wildman–Crippen MR) is 110 cm³/mol. The highest BCUT2D eigenvalue weighted by atomic mass is 15.6. The van der Waals surface area contributed by atoms with E-state index < -0.39 is 0 Å². The standard InChI is InChI=1S/C22H48N2/c1-5-9-13-17-21-24(22-18-14-10-6-2)23(19-15-11-7-3)20-16-12-8-4/h5-22H2,1-4H3/p+1. The fourth-order valence-corrected chi connectivity index (χ4v) is 3.49. The third kappa shape index (κ3) is 14.3. The molecule has 0 spiro atoms. The van der Waals surface area contributed by atoms with E-state index in [1.54, 1.807) is 5.01 Å². The fraction of sp³-hybridized carbons (Fsp3) is 1.00. The minimum atomic E-state index is 1.31. The van der Waals surface area contributed by atoms with Crippen molar-refractivity contribution in [2.75, 3.05) is 26.2 Å². The van der Waals surface area contributed by atoms with E-state index in [-0.39, 0.29) is 0 Å². The van der Waals surface area contributed by atoms with Crippen LogP contribution >= 0.6 is 0 Å². The number of hydrogen-bond donors (Lipinski definition) is 1. The second-order valence-corrected chi connectivity index (χ2v) is 7.59. The molecule has 0 aromatic rings. The lowest BCUT2D eigenvalue weighted by molar-refractivity contribution is -1.02. The van der Waals surface area contributed by atoms with Gasteiger partial charge in [-0.2, -0.15) is 5.01 Å². The Hall–Kier alpha value is -0.0800. The summed E-state index contributed by atoms with van der Waals surface area (Å²) < 4.78 is 0. The van der Waals surface area contributed by atoms with E-state index in [0.717, 1.165) is 0 Å². The minimum absolute atomic E-state index is 1.31. The van der Waals surface area contributed by atoms with Crippen molar-refractivity contribution in [3.8, 4) is 0 Å². The summed E-state index contributed by atoms with van der Waals surface area (Å²) in [6.45, 7) is 14.6. The van der Waals surface area contributed by atoms with Gasteiger partial charge in [0.2, 0.25) is 0 Å². The molecule has 146 valence electrons. The molecule has 0 aliphatic rings. The van der Waals surface area contributed by atoms with Crippen LogP contribution in [-0.4, -0.2) is 31.2 Å². The second kappa shape index (κ2) is 19.2. The van der Waals surface area contributed by atoms with E-state index in [9.17, 15) is 0 Å². The van der Waals surface area contributed by atoms with Gasteiger partial charge in [-0.3, -0.25) is 5.01 Å². The summed E-state index contributed by atoms with van der Waals surface area (Å²) in [5, 5.41) is 4.61. The Morgan fingerprint density at radius 1 is 0.458 bits per heavy atom. The van der Waals surface area contributed by atoms with Crippen LogP contribution in [0.25, 0.3) is 0 Å². The summed E-state index contributed by atoms with van der Waals surface area (Å²) in [7, 11) is 0. The van der Waals surface area contributed by atoms with Crippen LogP contribution in [0.1, 0.15) is 118 Å². The van der Waals surface area contributed by atoms with E-state index in [2.05, 4.69) is 32.7 Å². The zero-order valence-corrected chi connectivity index (χ0v) is 17.7. The molecule has 0 atom stereocenters. The smallest absolute Gasteiger partial charge is 0.0947 e. The first-order valence-corrected chi connectivity index (χ1v) is 11.4. The minimum Gasteiger partial charge on any atom is -0.255 e. The molecule has 0 radical (unpaired) electrons. The number of rotatable bonds is 19. The predicted octanol–water partition coefficient (Wildman–Crippen LogP) is 5.63. The van der Waals surface area contributed by atoms with E-state index >= 15 is 0 Å². The molecule has 0 bridgehead atoms. The van der Waals surface area contributed by atoms with Crippen LogP contribution < -0.4 is 5.01 Å². The Kier molecular flexibility index (Phi) is 19.2. The molecule has 2 heteroatoms. The zero-order chi connectivity index (χ0) is 17.9. The topological polar surface area (TPSA) is 7.68 Å². The summed E-state index contributed by atoms with van der Waals surface area (Å²) in [4.78, 5) is 0. The molecule has 0 fully saturated rings. The highest BCUT2D eigenvalue weighted by Crippen LogP contribution is 2.02. The van der Waals surface area contributed by atoms with Crippen molar-refractivity contribution in [2.24, 2.45) is 0 Å². The summed E-state index contributed by atoms with van der Waals surface area (Å²) in [5.74, 6) is 0. The van der Waals surface area contributed by atoms with Gasteiger partial charge in [0.15, 0.2) is 0 Å². The maximum absolute atomic E-state index is 2.81. The zero-order valence-electron chi connectivity index (χ0n) is 17.7. The largest absolute Gasteiger partial charge is 0.255 e. The summed E-state index contributed by atoms with van der Waals surface area (Å²) >= 11 is 0. The number of hydrogen-bond acceptors (Lipinski definition) is 1. The molecule has 0 aromatic carbocycles. The van der Waals surface area contributed by atoms with Crippen LogP contribution in [0.4, 0.5) is 0 Å². The molecule has 24 heavy (non-hydrogen) atoms. The van der Waals surface area contributed by atoms with Gasteiger partial charge in [0.05, 0.1) is 13.1 Å². The van der Waals surface area contributed by atoms with Crippen molar-refractivity contribution in [2.45, 2.75) is 118 Å². The van der Waals surface area contributed by atoms with Crippen LogP contribution in [-0.2, 0) is 0 Å². The molecular formula is C22H49N2+. The number of nitrogens with zero attached hydrogens (tertiary/aromatic N) is 1. The first-order valence-electron chi connectivity index (χ1n) is 11.4. The van der Waals surface area contributed by atoms with Crippen LogP contribution in [0.5, 0.6) is 0 Å². The molecule has 0 saturated carbocycles. The molecule has 0 aliphatic carbocycles. The van der Waals surface area contributed by atoms with Crippen molar-refractivity contribution >= 4 is 0 Å². The lowest BCUT2D eigenvalue weighted by Crippen LogP contribution is -3.18. The van der Waals surface area contributed by atoms with Gasteiger partial charge < -0.3 is 0 Å². The molecule has 0 heterocycles. The van der Waals surface area contributed by atoms with Crippen LogP contribution in [0, 0.1) is 0 Å². The third-order valence-electron chi connectivity index (χ3n) is 5.15. The fourth-order valence-electron chi connectivity index (χ4n) is 3.49. The number of nitrogens with one attached hydrogen (secondary N) is 1. The Labute approximate surface area is 154 Å². The molecule has 0 unspecified atom stereocenters. The normalized spacial score (nSPS) is 11.8. The molecule has 2 nitrogen and oxygen atoms in total. The Morgan fingerprint density at radius 3 is 1.21 bits per heavy atom. The molecule has 0 saturated heterocycles. The van der Waals surface area contributed by atoms with Crippen molar-refractivity contribution in [1.82, 2.24) is 5.01 Å². The highest BCUT2D eigenvalue weighted by molar-refractivity contribution is 4.50. The summed E-state index contributed by atoms with van der Waals surface area (Å²) in [6.07, 6.45) is 19.4. The van der Waals surface area contributed by atoms with Crippen LogP contribution in [0.2, 0.25) is 0 Å². The van der Waals surface area contributed by atoms with Gasteiger partial charge in [0.1, 0.15) is 0 Å². The quantitative estimate of drug-likeness (QED) is 0.236. The first-order chi connectivity index (χ1) is 11.8. The second-order valence-electron chi connectivity index (χ2n) is 7.59. The average Bonchev–Trinajstić information content (AvgIpc) is 2.59. The van der Waals surface area contributed by atoms with Crippen LogP contribution in [0.3, 0.4) is 0 Å². The van der Waals surface area contributed by atoms with E-state index in [1.165, 1.54) is 116 Å². The SMILES string of the molecule is CCCCCC[NH+](CCCCCC)N(CCCCC)CCCCC. The number of quaternary nitrogens is 1. The van der Waals surface area contributed by atoms with Gasteiger partial charge in [-0.25, -0.2) is 0 Å². The maximum Gasteiger partial charge on any atom is 0.0947 e. The van der Waals surface area contributed by atoms with Gasteiger partial charge in [0, 0.05) is 13.1 Å². The monoisotopic (exact) mass is 341 g/mol. The van der Waals surface area contributed by atoms with Crippen molar-refractivity contribution in [1.29, 1.82) is 0 Å². The first kappa shape index (κ1) is 23.9. The van der Waals surface area contributed by atoms with Crippen molar-refractivity contribution in [3.63, 3.8) is 0 Å². The van der Waals surface area contributed by atoms with Crippen LogP contribution in [0.15, 0.2) is 0 Å². The van der Waals surface area contributed by atoms with E-state index in [0.29, 0.717) is 0 Å². The molecular weight excluding hydrogens is 292 g/mol. The average molecular weight is 342 g/mol. The van der Waals surface area contributed by atoms with Gasteiger partial charge in [-0.05, 0) is 38.5 Å². The Morgan fingerprint density at radius 2 is 0.833 bits per heavy atom. The molecule has 0 rings (SSSR count). The molecule has 0 aromatic heterocycles. The summed E-state index contributed by atoms with van der Waals surface area (Å²) in [6, 6.07) is 0. The van der Waals surface area contributed by atoms with Crippen molar-refractivity contribution < 1.29 is 5.01 Å². The van der Waals surface area contributed by atoms with Crippen molar-refractivity contribution in [3.05, 3.63) is 0 Å². The van der Waals surface area contributed by atoms with Gasteiger partial charge in [-0.15, -0.1) is 0 Å². The Bertz CT molecular complexity index is 208. The lowest BCUT2D eigenvalue weighted by atomic mass is 10.2. The lowest BCUT2D eigenvalue weighted by Gasteiger charge is -2.32. The number of unbranched alkanes of at least 4 members (excludes halogenated alkanes) is 10. The molecule has 0 amide bonds. The Balaban J connectivity index is 4.46. The molecule has 0 aliphatic heterocycles.